The van der Waals surface area contributed by atoms with Crippen molar-refractivity contribution in [1.29, 1.82) is 0 Å². The van der Waals surface area contributed by atoms with Crippen LogP contribution in [-0.4, -0.2) is 53.1 Å². The van der Waals surface area contributed by atoms with E-state index in [9.17, 15) is 19.2 Å². The predicted molar refractivity (Wildman–Crippen MR) is 88.2 cm³/mol. The molecule has 1 atom stereocenters. The summed E-state index contributed by atoms with van der Waals surface area (Å²) < 4.78 is 0. The van der Waals surface area contributed by atoms with Gasteiger partial charge >= 0.3 is 6.03 Å². The summed E-state index contributed by atoms with van der Waals surface area (Å²) in [6.45, 7) is 4.79. The van der Waals surface area contributed by atoms with E-state index in [1.165, 1.54) is 11.9 Å². The first-order valence-electron chi connectivity index (χ1n) is 7.60. The van der Waals surface area contributed by atoms with Crippen molar-refractivity contribution in [3.8, 4) is 0 Å². The van der Waals surface area contributed by atoms with Crippen LogP contribution in [0.3, 0.4) is 0 Å². The zero-order valence-corrected chi connectivity index (χ0v) is 14.2. The van der Waals surface area contributed by atoms with E-state index in [0.717, 1.165) is 4.90 Å². The van der Waals surface area contributed by atoms with E-state index >= 15 is 0 Å². The molecule has 1 saturated heterocycles. The molecule has 7 nitrogen and oxygen atoms in total. The molecule has 0 spiro atoms. The first-order chi connectivity index (χ1) is 11.1. The van der Waals surface area contributed by atoms with E-state index in [1.54, 1.807) is 51.1 Å². The maximum atomic E-state index is 12.8. The third-order valence-electron chi connectivity index (χ3n) is 3.71. The van der Waals surface area contributed by atoms with Crippen LogP contribution in [0.5, 0.6) is 0 Å². The Morgan fingerprint density at radius 3 is 2.17 bits per heavy atom. The summed E-state index contributed by atoms with van der Waals surface area (Å²) >= 11 is 0. The number of amides is 4. The lowest BCUT2D eigenvalue weighted by Crippen LogP contribution is -2.55. The fourth-order valence-electron chi connectivity index (χ4n) is 2.39. The SMILES string of the molecule is CN1CC(=O)N(C(C(=O)Nc2ccccc2)C(=O)C(C)(C)C)C1=O. The third kappa shape index (κ3) is 3.45. The van der Waals surface area contributed by atoms with Crippen molar-refractivity contribution in [2.75, 3.05) is 18.9 Å². The van der Waals surface area contributed by atoms with Crippen LogP contribution >= 0.6 is 0 Å². The number of rotatable bonds is 4. The first kappa shape index (κ1) is 17.7. The zero-order valence-electron chi connectivity index (χ0n) is 14.2. The fourth-order valence-corrected chi connectivity index (χ4v) is 2.39. The minimum absolute atomic E-state index is 0.147. The summed E-state index contributed by atoms with van der Waals surface area (Å²) in [7, 11) is 1.45. The minimum Gasteiger partial charge on any atom is -0.324 e. The topological polar surface area (TPSA) is 86.8 Å². The van der Waals surface area contributed by atoms with Gasteiger partial charge in [0, 0.05) is 18.2 Å². The molecule has 1 N–H and O–H groups in total. The molecule has 1 aliphatic heterocycles. The van der Waals surface area contributed by atoms with Crippen LogP contribution in [0, 0.1) is 5.41 Å². The molecule has 1 aliphatic rings. The Morgan fingerprint density at radius 2 is 1.71 bits per heavy atom. The number of hydrogen-bond donors (Lipinski definition) is 1. The van der Waals surface area contributed by atoms with E-state index in [4.69, 9.17) is 0 Å². The number of carbonyl (C=O) groups is 4. The minimum atomic E-state index is -1.49. The van der Waals surface area contributed by atoms with Crippen LogP contribution in [0.15, 0.2) is 30.3 Å². The van der Waals surface area contributed by atoms with Crippen LogP contribution in [-0.2, 0) is 14.4 Å². The number of Topliss-reactive ketones (excluding diaryl/α,β-unsaturated/α-hetero) is 1. The van der Waals surface area contributed by atoms with Gasteiger partial charge in [-0.05, 0) is 12.1 Å². The molecule has 0 saturated carbocycles. The van der Waals surface area contributed by atoms with Gasteiger partial charge < -0.3 is 10.2 Å². The molecule has 4 amide bonds. The van der Waals surface area contributed by atoms with Gasteiger partial charge in [0.25, 0.3) is 11.8 Å². The highest BCUT2D eigenvalue weighted by molar-refractivity contribution is 6.18. The molecule has 2 rings (SSSR count). The van der Waals surface area contributed by atoms with Crippen molar-refractivity contribution in [1.82, 2.24) is 9.80 Å². The van der Waals surface area contributed by atoms with Crippen LogP contribution in [0.4, 0.5) is 10.5 Å². The molecule has 1 aromatic rings. The summed E-state index contributed by atoms with van der Waals surface area (Å²) in [6.07, 6.45) is 0. The number of anilines is 1. The highest BCUT2D eigenvalue weighted by Gasteiger charge is 2.48. The molecular formula is C17H21N3O4. The lowest BCUT2D eigenvalue weighted by Gasteiger charge is -2.29. The number of hydrogen-bond acceptors (Lipinski definition) is 4. The monoisotopic (exact) mass is 331 g/mol. The van der Waals surface area contributed by atoms with Gasteiger partial charge in [-0.1, -0.05) is 39.0 Å². The van der Waals surface area contributed by atoms with Crippen molar-refractivity contribution < 1.29 is 19.2 Å². The van der Waals surface area contributed by atoms with Gasteiger partial charge in [-0.15, -0.1) is 0 Å². The number of imide groups is 1. The van der Waals surface area contributed by atoms with Gasteiger partial charge in [-0.2, -0.15) is 0 Å². The fraction of sp³-hybridized carbons (Fsp3) is 0.412. The Bertz CT molecular complexity index is 679. The van der Waals surface area contributed by atoms with Crippen LogP contribution in [0.2, 0.25) is 0 Å². The number of urea groups is 1. The molecule has 0 aliphatic carbocycles. The summed E-state index contributed by atoms with van der Waals surface area (Å²) in [6, 6.07) is 6.44. The molecular weight excluding hydrogens is 310 g/mol. The quantitative estimate of drug-likeness (QED) is 0.669. The standard InChI is InChI=1S/C17H21N3O4/c1-17(2,3)14(22)13(20-12(21)10-19(4)16(20)24)15(23)18-11-8-6-5-7-9-11/h5-9,13H,10H2,1-4H3,(H,18,23). The smallest absolute Gasteiger partial charge is 0.324 e. The van der Waals surface area contributed by atoms with Gasteiger partial charge in [0.2, 0.25) is 0 Å². The lowest BCUT2D eigenvalue weighted by molar-refractivity contribution is -0.143. The molecule has 0 aromatic heterocycles. The number of likely N-dealkylation sites (N-methyl/N-ethyl adjacent to an activating group) is 1. The van der Waals surface area contributed by atoms with Crippen molar-refractivity contribution in [3.63, 3.8) is 0 Å². The van der Waals surface area contributed by atoms with Crippen LogP contribution < -0.4 is 5.32 Å². The average Bonchev–Trinajstić information content (AvgIpc) is 2.74. The predicted octanol–water partition coefficient (Wildman–Crippen LogP) is 1.50. The van der Waals surface area contributed by atoms with Gasteiger partial charge in [-0.25, -0.2) is 9.69 Å². The molecule has 1 fully saturated rings. The van der Waals surface area contributed by atoms with Gasteiger partial charge in [-0.3, -0.25) is 14.4 Å². The third-order valence-corrected chi connectivity index (χ3v) is 3.71. The molecule has 0 bridgehead atoms. The summed E-state index contributed by atoms with van der Waals surface area (Å²) in [4.78, 5) is 51.8. The van der Waals surface area contributed by atoms with Gasteiger partial charge in [0.1, 0.15) is 6.54 Å². The number of benzene rings is 1. The number of carbonyl (C=O) groups excluding carboxylic acids is 4. The molecule has 1 heterocycles. The maximum absolute atomic E-state index is 12.8. The number of nitrogens with one attached hydrogen (secondary N) is 1. The second-order valence-corrected chi connectivity index (χ2v) is 6.77. The second-order valence-electron chi connectivity index (χ2n) is 6.77. The van der Waals surface area contributed by atoms with Gasteiger partial charge in [0.05, 0.1) is 0 Å². The summed E-state index contributed by atoms with van der Waals surface area (Å²) in [5.41, 5.74) is -0.401. The maximum Gasteiger partial charge on any atom is 0.328 e. The second kappa shape index (κ2) is 6.43. The highest BCUT2D eigenvalue weighted by Crippen LogP contribution is 2.24. The Balaban J connectivity index is 2.36. The average molecular weight is 331 g/mol. The molecule has 0 radical (unpaired) electrons. The van der Waals surface area contributed by atoms with E-state index in [0.29, 0.717) is 5.69 Å². The largest absolute Gasteiger partial charge is 0.328 e. The number of nitrogens with zero attached hydrogens (tertiary/aromatic N) is 2. The van der Waals surface area contributed by atoms with Crippen molar-refractivity contribution in [2.45, 2.75) is 26.8 Å². The van der Waals surface area contributed by atoms with Crippen molar-refractivity contribution in [3.05, 3.63) is 30.3 Å². The zero-order chi connectivity index (χ0) is 18.1. The Hall–Kier alpha value is -2.70. The summed E-state index contributed by atoms with van der Waals surface area (Å²) in [5.74, 6) is -1.75. The Kier molecular flexibility index (Phi) is 4.73. The van der Waals surface area contributed by atoms with Crippen molar-refractivity contribution >= 4 is 29.3 Å². The van der Waals surface area contributed by atoms with Crippen LogP contribution in [0.25, 0.3) is 0 Å². The van der Waals surface area contributed by atoms with E-state index < -0.39 is 35.1 Å². The molecule has 24 heavy (non-hydrogen) atoms. The normalized spacial score (nSPS) is 16.3. The first-order valence-corrected chi connectivity index (χ1v) is 7.60. The number of ketones is 1. The summed E-state index contributed by atoms with van der Waals surface area (Å²) in [5, 5.41) is 2.60. The molecule has 1 unspecified atom stereocenters. The Morgan fingerprint density at radius 1 is 1.12 bits per heavy atom. The van der Waals surface area contributed by atoms with E-state index in [2.05, 4.69) is 5.32 Å². The lowest BCUT2D eigenvalue weighted by atomic mass is 9.85. The van der Waals surface area contributed by atoms with Gasteiger partial charge in [0.15, 0.2) is 11.8 Å². The van der Waals surface area contributed by atoms with E-state index in [1.807, 2.05) is 0 Å². The molecule has 7 heteroatoms. The van der Waals surface area contributed by atoms with E-state index in [-0.39, 0.29) is 6.54 Å². The van der Waals surface area contributed by atoms with Crippen LogP contribution in [0.1, 0.15) is 20.8 Å². The van der Waals surface area contributed by atoms with Crippen molar-refractivity contribution in [2.24, 2.45) is 5.41 Å². The highest BCUT2D eigenvalue weighted by atomic mass is 16.2. The molecule has 1 aromatic carbocycles. The number of para-hydroxylation sites is 1. The Labute approximate surface area is 140 Å². The molecule has 128 valence electrons.